The minimum Gasteiger partial charge on any atom is -0.357 e. The molecule has 2 aromatic heterocycles. The van der Waals surface area contributed by atoms with Crippen molar-refractivity contribution < 1.29 is 0 Å². The van der Waals surface area contributed by atoms with Crippen LogP contribution in [0.2, 0.25) is 0 Å². The van der Waals surface area contributed by atoms with E-state index in [1.54, 1.807) is 18.7 Å². The largest absolute Gasteiger partial charge is 0.357 e. The predicted molar refractivity (Wildman–Crippen MR) is 144 cm³/mol. The van der Waals surface area contributed by atoms with Crippen molar-refractivity contribution in [1.82, 2.24) is 25.2 Å². The molecule has 0 amide bonds. The summed E-state index contributed by atoms with van der Waals surface area (Å²) < 4.78 is 1.89. The number of halogens is 1. The van der Waals surface area contributed by atoms with Crippen LogP contribution in [-0.4, -0.2) is 33.6 Å². The van der Waals surface area contributed by atoms with E-state index in [0.717, 1.165) is 30.4 Å². The van der Waals surface area contributed by atoms with Gasteiger partial charge < -0.3 is 10.6 Å². The van der Waals surface area contributed by atoms with Crippen LogP contribution in [0.5, 0.6) is 0 Å². The number of imidazole rings is 1. The Hall–Kier alpha value is -3.20. The van der Waals surface area contributed by atoms with E-state index in [-0.39, 0.29) is 29.9 Å². The van der Waals surface area contributed by atoms with E-state index in [9.17, 15) is 0 Å². The molecule has 2 heterocycles. The molecule has 2 aromatic carbocycles. The number of aromatic nitrogens is 3. The van der Waals surface area contributed by atoms with Gasteiger partial charge in [-0.05, 0) is 35.7 Å². The molecule has 0 fully saturated rings. The van der Waals surface area contributed by atoms with Gasteiger partial charge in [0, 0.05) is 37.6 Å². The Morgan fingerprint density at radius 2 is 1.64 bits per heavy atom. The topological polar surface area (TPSA) is 67.1 Å². The normalized spacial score (nSPS) is 11.2. The highest BCUT2D eigenvalue weighted by Gasteiger charge is 2.14. The SMILES string of the molecule is CCNC(=NCc1ccnc(-n2ccnc2)c1)NCC(c1ccccc1)c1ccccc1.I. The lowest BCUT2D eigenvalue weighted by Gasteiger charge is -2.20. The van der Waals surface area contributed by atoms with Crippen molar-refractivity contribution in [3.63, 3.8) is 0 Å². The molecule has 0 bridgehead atoms. The third-order valence-corrected chi connectivity index (χ3v) is 5.22. The maximum Gasteiger partial charge on any atom is 0.191 e. The zero-order valence-electron chi connectivity index (χ0n) is 18.6. The Morgan fingerprint density at radius 3 is 2.24 bits per heavy atom. The van der Waals surface area contributed by atoms with Gasteiger partial charge in [0.1, 0.15) is 12.1 Å². The third-order valence-electron chi connectivity index (χ3n) is 5.22. The number of hydrogen-bond donors (Lipinski definition) is 2. The van der Waals surface area contributed by atoms with Gasteiger partial charge in [-0.2, -0.15) is 0 Å². The van der Waals surface area contributed by atoms with Gasteiger partial charge in [0.2, 0.25) is 0 Å². The van der Waals surface area contributed by atoms with E-state index in [4.69, 9.17) is 4.99 Å². The van der Waals surface area contributed by atoms with E-state index in [0.29, 0.717) is 6.54 Å². The van der Waals surface area contributed by atoms with Crippen molar-refractivity contribution in [2.45, 2.75) is 19.4 Å². The average molecular weight is 552 g/mol. The molecule has 0 atom stereocenters. The Kier molecular flexibility index (Phi) is 9.44. The molecule has 0 saturated carbocycles. The summed E-state index contributed by atoms with van der Waals surface area (Å²) in [5, 5.41) is 6.90. The van der Waals surface area contributed by atoms with Gasteiger partial charge in [-0.3, -0.25) is 4.57 Å². The molecule has 0 aliphatic rings. The van der Waals surface area contributed by atoms with Crippen molar-refractivity contribution in [2.24, 2.45) is 4.99 Å². The first-order valence-electron chi connectivity index (χ1n) is 10.9. The molecule has 4 rings (SSSR count). The lowest BCUT2D eigenvalue weighted by molar-refractivity contribution is 0.729. The van der Waals surface area contributed by atoms with Crippen LogP contribution < -0.4 is 10.6 Å². The van der Waals surface area contributed by atoms with Crippen LogP contribution in [0.1, 0.15) is 29.5 Å². The second-order valence-corrected chi connectivity index (χ2v) is 7.44. The van der Waals surface area contributed by atoms with Gasteiger partial charge in [0.05, 0.1) is 6.54 Å². The van der Waals surface area contributed by atoms with Crippen LogP contribution in [-0.2, 0) is 6.54 Å². The number of nitrogens with zero attached hydrogens (tertiary/aromatic N) is 4. The summed E-state index contributed by atoms with van der Waals surface area (Å²) in [5.41, 5.74) is 3.64. The van der Waals surface area contributed by atoms with Crippen LogP contribution in [0.4, 0.5) is 0 Å². The van der Waals surface area contributed by atoms with Gasteiger partial charge in [-0.1, -0.05) is 60.7 Å². The fourth-order valence-corrected chi connectivity index (χ4v) is 3.60. The first-order valence-corrected chi connectivity index (χ1v) is 10.9. The van der Waals surface area contributed by atoms with Crippen LogP contribution in [0.15, 0.2) is 103 Å². The number of guanidine groups is 1. The molecule has 0 aliphatic carbocycles. The summed E-state index contributed by atoms with van der Waals surface area (Å²) in [6.07, 6.45) is 7.18. The van der Waals surface area contributed by atoms with Gasteiger partial charge in [-0.15, -0.1) is 24.0 Å². The number of rotatable bonds is 8. The van der Waals surface area contributed by atoms with Crippen molar-refractivity contribution >= 4 is 29.9 Å². The number of nitrogens with one attached hydrogen (secondary N) is 2. The molecule has 0 aliphatic heterocycles. The zero-order chi connectivity index (χ0) is 22.0. The minimum atomic E-state index is 0. The van der Waals surface area contributed by atoms with Crippen LogP contribution in [0.3, 0.4) is 0 Å². The summed E-state index contributed by atoms with van der Waals surface area (Å²) in [5.74, 6) is 1.86. The van der Waals surface area contributed by atoms with E-state index in [1.807, 2.05) is 22.9 Å². The Balaban J connectivity index is 0.00000306. The van der Waals surface area contributed by atoms with Crippen LogP contribution in [0, 0.1) is 0 Å². The van der Waals surface area contributed by atoms with E-state index in [1.165, 1.54) is 11.1 Å². The second-order valence-electron chi connectivity index (χ2n) is 7.44. The lowest BCUT2D eigenvalue weighted by atomic mass is 9.91. The van der Waals surface area contributed by atoms with Gasteiger partial charge in [0.25, 0.3) is 0 Å². The smallest absolute Gasteiger partial charge is 0.191 e. The second kappa shape index (κ2) is 12.7. The molecule has 33 heavy (non-hydrogen) atoms. The summed E-state index contributed by atoms with van der Waals surface area (Å²) >= 11 is 0. The van der Waals surface area contributed by atoms with Crippen molar-refractivity contribution in [3.05, 3.63) is 114 Å². The first kappa shape index (κ1) is 24.4. The highest BCUT2D eigenvalue weighted by molar-refractivity contribution is 14.0. The molecule has 7 heteroatoms. The maximum atomic E-state index is 4.81. The average Bonchev–Trinajstić information content (AvgIpc) is 3.39. The van der Waals surface area contributed by atoms with Gasteiger partial charge in [0.15, 0.2) is 5.96 Å². The maximum absolute atomic E-state index is 4.81. The highest BCUT2D eigenvalue weighted by Crippen LogP contribution is 2.23. The molecule has 6 nitrogen and oxygen atoms in total. The summed E-state index contributed by atoms with van der Waals surface area (Å²) in [7, 11) is 0. The van der Waals surface area contributed by atoms with Gasteiger partial charge in [-0.25, -0.2) is 15.0 Å². The first-order chi connectivity index (χ1) is 15.8. The predicted octanol–water partition coefficient (Wildman–Crippen LogP) is 4.77. The molecule has 170 valence electrons. The molecule has 2 N–H and O–H groups in total. The van der Waals surface area contributed by atoms with Crippen molar-refractivity contribution in [3.8, 4) is 5.82 Å². The van der Waals surface area contributed by atoms with E-state index in [2.05, 4.69) is 88.2 Å². The summed E-state index contributed by atoms with van der Waals surface area (Å²) in [6, 6.07) is 25.2. The molecule has 0 spiro atoms. The van der Waals surface area contributed by atoms with Crippen LogP contribution >= 0.6 is 24.0 Å². The molecule has 0 unspecified atom stereocenters. The zero-order valence-corrected chi connectivity index (χ0v) is 21.0. The quantitative estimate of drug-likeness (QED) is 0.188. The van der Waals surface area contributed by atoms with E-state index >= 15 is 0 Å². The number of benzene rings is 2. The fourth-order valence-electron chi connectivity index (χ4n) is 3.60. The number of pyridine rings is 1. The lowest BCUT2D eigenvalue weighted by Crippen LogP contribution is -2.39. The number of aliphatic imine (C=N–C) groups is 1. The Bertz CT molecular complexity index is 1070. The van der Waals surface area contributed by atoms with Crippen molar-refractivity contribution in [1.29, 1.82) is 0 Å². The molecular weight excluding hydrogens is 523 g/mol. The summed E-state index contributed by atoms with van der Waals surface area (Å²) in [6.45, 7) is 4.17. The molecular formula is C26H29IN6. The fraction of sp³-hybridized carbons (Fsp3) is 0.192. The van der Waals surface area contributed by atoms with Gasteiger partial charge >= 0.3 is 0 Å². The van der Waals surface area contributed by atoms with Crippen LogP contribution in [0.25, 0.3) is 5.82 Å². The minimum absolute atomic E-state index is 0. The molecule has 0 saturated heterocycles. The molecule has 0 radical (unpaired) electrons. The Labute approximate surface area is 212 Å². The number of hydrogen-bond acceptors (Lipinski definition) is 3. The highest BCUT2D eigenvalue weighted by atomic mass is 127. The van der Waals surface area contributed by atoms with E-state index < -0.39 is 0 Å². The standard InChI is InChI=1S/C26H28N6.HI/c1-2-28-26(30-18-21-13-14-29-25(17-21)32-16-15-27-20-32)31-19-24(22-9-5-3-6-10-22)23-11-7-4-8-12-23;/h3-17,20,24H,2,18-19H2,1H3,(H2,28,30,31);1H. The monoisotopic (exact) mass is 552 g/mol. The van der Waals surface area contributed by atoms with Crippen molar-refractivity contribution in [2.75, 3.05) is 13.1 Å². The third kappa shape index (κ3) is 6.89. The molecule has 4 aromatic rings. The Morgan fingerprint density at radius 1 is 0.939 bits per heavy atom. The summed E-state index contributed by atoms with van der Waals surface area (Å²) in [4.78, 5) is 13.3.